The monoisotopic (exact) mass is 327 g/mol. The lowest BCUT2D eigenvalue weighted by Crippen LogP contribution is -2.38. The zero-order valence-corrected chi connectivity index (χ0v) is 14.2. The molecule has 3 N–H and O–H groups in total. The third-order valence-corrected chi connectivity index (χ3v) is 3.60. The van der Waals surface area contributed by atoms with Gasteiger partial charge in [-0.3, -0.25) is 0 Å². The van der Waals surface area contributed by atoms with Gasteiger partial charge in [-0.25, -0.2) is 4.99 Å². The number of ether oxygens (including phenoxy) is 1. The molecule has 0 aliphatic carbocycles. The molecule has 0 amide bonds. The van der Waals surface area contributed by atoms with Gasteiger partial charge in [0.05, 0.1) is 13.7 Å². The van der Waals surface area contributed by atoms with Crippen LogP contribution in [0.1, 0.15) is 18.1 Å². The molecule has 2 aromatic carbocycles. The highest BCUT2D eigenvalue weighted by atomic mass is 16.5. The Balaban J connectivity index is 1.95. The maximum atomic E-state index is 10.1. The Morgan fingerprint density at radius 3 is 2.58 bits per heavy atom. The summed E-state index contributed by atoms with van der Waals surface area (Å²) in [6.07, 6.45) is 0.926. The first kappa shape index (κ1) is 17.7. The second-order valence-electron chi connectivity index (χ2n) is 5.33. The third-order valence-electron chi connectivity index (χ3n) is 3.60. The number of rotatable bonds is 7. The average Bonchev–Trinajstić information content (AvgIpc) is 2.61. The molecule has 0 fully saturated rings. The van der Waals surface area contributed by atoms with Crippen molar-refractivity contribution < 1.29 is 9.84 Å². The van der Waals surface area contributed by atoms with Crippen molar-refractivity contribution in [3.63, 3.8) is 0 Å². The van der Waals surface area contributed by atoms with Crippen molar-refractivity contribution in [3.05, 3.63) is 59.7 Å². The molecule has 0 radical (unpaired) electrons. The zero-order valence-electron chi connectivity index (χ0n) is 14.2. The van der Waals surface area contributed by atoms with Gasteiger partial charge in [0, 0.05) is 18.7 Å². The van der Waals surface area contributed by atoms with Crippen LogP contribution in [-0.4, -0.2) is 31.3 Å². The van der Waals surface area contributed by atoms with Gasteiger partial charge >= 0.3 is 0 Å². The number of hydrogen-bond donors (Lipinski definition) is 3. The van der Waals surface area contributed by atoms with E-state index in [1.54, 1.807) is 6.07 Å². The minimum atomic E-state index is 0.142. The van der Waals surface area contributed by atoms with Crippen LogP contribution in [0, 0.1) is 0 Å². The van der Waals surface area contributed by atoms with Crippen LogP contribution in [0.5, 0.6) is 11.5 Å². The van der Waals surface area contributed by atoms with E-state index in [1.165, 1.54) is 12.7 Å². The third kappa shape index (κ3) is 5.19. The summed E-state index contributed by atoms with van der Waals surface area (Å²) in [6, 6.07) is 15.7. The Morgan fingerprint density at radius 1 is 1.08 bits per heavy atom. The minimum absolute atomic E-state index is 0.142. The fraction of sp³-hybridized carbons (Fsp3) is 0.316. The molecule has 0 aliphatic heterocycles. The number of guanidine groups is 1. The number of hydrogen-bond acceptors (Lipinski definition) is 3. The van der Waals surface area contributed by atoms with Crippen LogP contribution >= 0.6 is 0 Å². The molecule has 5 heteroatoms. The van der Waals surface area contributed by atoms with Crippen LogP contribution < -0.4 is 15.4 Å². The summed E-state index contributed by atoms with van der Waals surface area (Å²) in [4.78, 5) is 4.53. The number of aromatic hydroxyl groups is 1. The van der Waals surface area contributed by atoms with Crippen LogP contribution in [-0.2, 0) is 13.0 Å². The van der Waals surface area contributed by atoms with Gasteiger partial charge in [-0.05, 0) is 25.0 Å². The van der Waals surface area contributed by atoms with Gasteiger partial charge < -0.3 is 20.5 Å². The van der Waals surface area contributed by atoms with Gasteiger partial charge in [-0.1, -0.05) is 42.5 Å². The van der Waals surface area contributed by atoms with E-state index in [1.807, 2.05) is 37.3 Å². The Morgan fingerprint density at radius 2 is 1.88 bits per heavy atom. The molecule has 24 heavy (non-hydrogen) atoms. The smallest absolute Gasteiger partial charge is 0.191 e. The van der Waals surface area contributed by atoms with E-state index in [0.29, 0.717) is 12.3 Å². The van der Waals surface area contributed by atoms with E-state index < -0.39 is 0 Å². The average molecular weight is 327 g/mol. The first-order chi connectivity index (χ1) is 11.7. The zero-order chi connectivity index (χ0) is 17.2. The van der Waals surface area contributed by atoms with Crippen LogP contribution in [0.3, 0.4) is 0 Å². The van der Waals surface area contributed by atoms with Crippen LogP contribution in [0.15, 0.2) is 53.5 Å². The number of phenolic OH excluding ortho intramolecular Hbond substituents is 1. The van der Waals surface area contributed by atoms with E-state index in [9.17, 15) is 5.11 Å². The standard InChI is InChI=1S/C19H25N3O2/c1-3-20-19(21-13-12-15-8-5-4-6-9-15)22-14-16-10-7-11-17(24-2)18(16)23/h4-11,23H,3,12-14H2,1-2H3,(H2,20,21,22). The Kier molecular flexibility index (Phi) is 6.95. The summed E-state index contributed by atoms with van der Waals surface area (Å²) in [6.45, 7) is 3.97. The molecule has 0 aromatic heterocycles. The molecule has 0 spiro atoms. The molecule has 0 aliphatic rings. The normalized spacial score (nSPS) is 11.2. The number of methoxy groups -OCH3 is 1. The van der Waals surface area contributed by atoms with E-state index in [-0.39, 0.29) is 5.75 Å². The molecule has 2 aromatic rings. The highest BCUT2D eigenvalue weighted by Gasteiger charge is 2.07. The van der Waals surface area contributed by atoms with Crippen molar-refractivity contribution in [2.24, 2.45) is 4.99 Å². The summed E-state index contributed by atoms with van der Waals surface area (Å²) in [5.41, 5.74) is 2.01. The lowest BCUT2D eigenvalue weighted by Gasteiger charge is -2.12. The fourth-order valence-corrected chi connectivity index (χ4v) is 2.34. The summed E-state index contributed by atoms with van der Waals surface area (Å²) in [5.74, 6) is 1.34. The number of nitrogens with zero attached hydrogens (tertiary/aromatic N) is 1. The maximum Gasteiger partial charge on any atom is 0.191 e. The van der Waals surface area contributed by atoms with E-state index >= 15 is 0 Å². The van der Waals surface area contributed by atoms with Crippen LogP contribution in [0.2, 0.25) is 0 Å². The number of aliphatic imine (C=N–C) groups is 1. The van der Waals surface area contributed by atoms with E-state index in [0.717, 1.165) is 31.0 Å². The Hall–Kier alpha value is -2.69. The first-order valence-electron chi connectivity index (χ1n) is 8.15. The predicted octanol–water partition coefficient (Wildman–Crippen LogP) is 2.70. The number of para-hydroxylation sites is 1. The molecule has 0 bridgehead atoms. The van der Waals surface area contributed by atoms with Crippen molar-refractivity contribution in [2.45, 2.75) is 19.9 Å². The molecule has 0 heterocycles. The van der Waals surface area contributed by atoms with Gasteiger partial charge in [0.2, 0.25) is 0 Å². The highest BCUT2D eigenvalue weighted by molar-refractivity contribution is 5.79. The second-order valence-corrected chi connectivity index (χ2v) is 5.33. The Bertz CT molecular complexity index is 657. The van der Waals surface area contributed by atoms with E-state index in [4.69, 9.17) is 4.74 Å². The quantitative estimate of drug-likeness (QED) is 0.540. The topological polar surface area (TPSA) is 65.9 Å². The maximum absolute atomic E-state index is 10.1. The van der Waals surface area contributed by atoms with Crippen molar-refractivity contribution in [1.29, 1.82) is 0 Å². The lowest BCUT2D eigenvalue weighted by molar-refractivity contribution is 0.370. The van der Waals surface area contributed by atoms with Crippen LogP contribution in [0.25, 0.3) is 0 Å². The molecule has 0 unspecified atom stereocenters. The molecular formula is C19H25N3O2. The van der Waals surface area contributed by atoms with Crippen LogP contribution in [0.4, 0.5) is 0 Å². The molecular weight excluding hydrogens is 302 g/mol. The van der Waals surface area contributed by atoms with Gasteiger partial charge in [0.15, 0.2) is 17.5 Å². The van der Waals surface area contributed by atoms with E-state index in [2.05, 4.69) is 27.8 Å². The first-order valence-corrected chi connectivity index (χ1v) is 8.15. The SMILES string of the molecule is CCNC(=NCc1cccc(OC)c1O)NCCc1ccccc1. The fourth-order valence-electron chi connectivity index (χ4n) is 2.34. The minimum Gasteiger partial charge on any atom is -0.504 e. The van der Waals surface area contributed by atoms with Gasteiger partial charge in [0.1, 0.15) is 0 Å². The second kappa shape index (κ2) is 9.45. The molecule has 128 valence electrons. The van der Waals surface area contributed by atoms with Crippen molar-refractivity contribution in [1.82, 2.24) is 10.6 Å². The summed E-state index contributed by atoms with van der Waals surface area (Å²) in [7, 11) is 1.54. The number of nitrogens with one attached hydrogen (secondary N) is 2. The molecule has 0 atom stereocenters. The molecule has 2 rings (SSSR count). The predicted molar refractivity (Wildman–Crippen MR) is 97.6 cm³/mol. The Labute approximate surface area is 143 Å². The van der Waals surface area contributed by atoms with Gasteiger partial charge in [0.25, 0.3) is 0 Å². The lowest BCUT2D eigenvalue weighted by atomic mass is 10.1. The van der Waals surface area contributed by atoms with Gasteiger partial charge in [-0.15, -0.1) is 0 Å². The number of phenols is 1. The van der Waals surface area contributed by atoms with Crippen molar-refractivity contribution >= 4 is 5.96 Å². The molecule has 0 saturated carbocycles. The summed E-state index contributed by atoms with van der Waals surface area (Å²) >= 11 is 0. The summed E-state index contributed by atoms with van der Waals surface area (Å²) in [5, 5.41) is 16.6. The highest BCUT2D eigenvalue weighted by Crippen LogP contribution is 2.29. The van der Waals surface area contributed by atoms with Crippen molar-refractivity contribution in [3.8, 4) is 11.5 Å². The molecule has 5 nitrogen and oxygen atoms in total. The molecule has 0 saturated heterocycles. The van der Waals surface area contributed by atoms with Gasteiger partial charge in [-0.2, -0.15) is 0 Å². The largest absolute Gasteiger partial charge is 0.504 e. The summed E-state index contributed by atoms with van der Waals surface area (Å²) < 4.78 is 5.12. The number of benzene rings is 2. The van der Waals surface area contributed by atoms with Crippen molar-refractivity contribution in [2.75, 3.05) is 20.2 Å².